The van der Waals surface area contributed by atoms with Crippen LogP contribution in [-0.4, -0.2) is 24.9 Å². The summed E-state index contributed by atoms with van der Waals surface area (Å²) in [5.74, 6) is 1.03. The maximum atomic E-state index is 5.36. The van der Waals surface area contributed by atoms with Crippen LogP contribution in [0.2, 0.25) is 0 Å². The molecule has 1 aliphatic heterocycles. The van der Waals surface area contributed by atoms with E-state index in [1.54, 1.807) is 0 Å². The van der Waals surface area contributed by atoms with Gasteiger partial charge in [0.2, 0.25) is 0 Å². The molecule has 2 heterocycles. The largest absolute Gasteiger partial charge is 0.361 e. The SMILES string of the molecule is CC.Cc1cccc(N2CCCOC2)n1. The van der Waals surface area contributed by atoms with Crippen molar-refractivity contribution in [3.8, 4) is 0 Å². The number of anilines is 1. The minimum absolute atomic E-state index is 0.677. The summed E-state index contributed by atoms with van der Waals surface area (Å²) in [7, 11) is 0. The minimum atomic E-state index is 0.677. The normalized spacial score (nSPS) is 15.5. The topological polar surface area (TPSA) is 25.4 Å². The van der Waals surface area contributed by atoms with Crippen molar-refractivity contribution in [3.63, 3.8) is 0 Å². The molecular weight excluding hydrogens is 188 g/mol. The van der Waals surface area contributed by atoms with E-state index in [0.717, 1.165) is 31.1 Å². The van der Waals surface area contributed by atoms with Gasteiger partial charge in [0, 0.05) is 12.2 Å². The van der Waals surface area contributed by atoms with Crippen molar-refractivity contribution in [2.45, 2.75) is 27.2 Å². The fraction of sp³-hybridized carbons (Fsp3) is 0.583. The van der Waals surface area contributed by atoms with Crippen molar-refractivity contribution in [2.24, 2.45) is 0 Å². The Morgan fingerprint density at radius 1 is 1.33 bits per heavy atom. The van der Waals surface area contributed by atoms with Crippen LogP contribution in [0.3, 0.4) is 0 Å². The van der Waals surface area contributed by atoms with Gasteiger partial charge in [-0.15, -0.1) is 0 Å². The summed E-state index contributed by atoms with van der Waals surface area (Å²) in [4.78, 5) is 6.61. The Kier molecular flexibility index (Phi) is 5.12. The number of rotatable bonds is 1. The Morgan fingerprint density at radius 3 is 2.73 bits per heavy atom. The van der Waals surface area contributed by atoms with Crippen molar-refractivity contribution in [1.29, 1.82) is 0 Å². The summed E-state index contributed by atoms with van der Waals surface area (Å²) in [6.07, 6.45) is 1.09. The molecule has 3 nitrogen and oxygen atoms in total. The monoisotopic (exact) mass is 208 g/mol. The third-order valence-electron chi connectivity index (χ3n) is 2.16. The molecule has 0 atom stereocenters. The van der Waals surface area contributed by atoms with E-state index in [9.17, 15) is 0 Å². The predicted molar refractivity (Wildman–Crippen MR) is 63.1 cm³/mol. The van der Waals surface area contributed by atoms with Crippen LogP contribution in [0.25, 0.3) is 0 Å². The van der Waals surface area contributed by atoms with Crippen molar-refractivity contribution < 1.29 is 4.74 Å². The van der Waals surface area contributed by atoms with Gasteiger partial charge >= 0.3 is 0 Å². The Bertz CT molecular complexity index is 283. The molecule has 0 aromatic carbocycles. The second-order valence-electron chi connectivity index (χ2n) is 3.29. The number of aromatic nitrogens is 1. The van der Waals surface area contributed by atoms with Gasteiger partial charge in [-0.2, -0.15) is 0 Å². The van der Waals surface area contributed by atoms with E-state index >= 15 is 0 Å². The number of hydrogen-bond donors (Lipinski definition) is 0. The van der Waals surface area contributed by atoms with Gasteiger partial charge in [0.15, 0.2) is 0 Å². The molecule has 15 heavy (non-hydrogen) atoms. The minimum Gasteiger partial charge on any atom is -0.361 e. The highest BCUT2D eigenvalue weighted by Gasteiger charge is 2.11. The molecule has 0 bridgehead atoms. The lowest BCUT2D eigenvalue weighted by Crippen LogP contribution is -2.33. The molecule has 84 valence electrons. The van der Waals surface area contributed by atoms with Crippen LogP contribution in [0.1, 0.15) is 26.0 Å². The number of hydrogen-bond acceptors (Lipinski definition) is 3. The van der Waals surface area contributed by atoms with Crippen LogP contribution in [0.4, 0.5) is 5.82 Å². The molecule has 0 spiro atoms. The van der Waals surface area contributed by atoms with Crippen LogP contribution in [0.15, 0.2) is 18.2 Å². The molecular formula is C12H20N2O. The van der Waals surface area contributed by atoms with E-state index in [2.05, 4.69) is 9.88 Å². The molecule has 0 aliphatic carbocycles. The second-order valence-corrected chi connectivity index (χ2v) is 3.29. The predicted octanol–water partition coefficient (Wildman–Crippen LogP) is 2.60. The van der Waals surface area contributed by atoms with Crippen LogP contribution in [0, 0.1) is 6.92 Å². The van der Waals surface area contributed by atoms with Crippen LogP contribution in [0.5, 0.6) is 0 Å². The van der Waals surface area contributed by atoms with Gasteiger partial charge in [0.25, 0.3) is 0 Å². The molecule has 2 rings (SSSR count). The van der Waals surface area contributed by atoms with E-state index < -0.39 is 0 Å². The highest BCUT2D eigenvalue weighted by Crippen LogP contribution is 2.13. The lowest BCUT2D eigenvalue weighted by Gasteiger charge is -2.27. The van der Waals surface area contributed by atoms with Crippen LogP contribution >= 0.6 is 0 Å². The number of pyridine rings is 1. The van der Waals surface area contributed by atoms with Gasteiger partial charge in [-0.25, -0.2) is 4.98 Å². The number of ether oxygens (including phenoxy) is 1. The van der Waals surface area contributed by atoms with Gasteiger partial charge in [-0.1, -0.05) is 19.9 Å². The standard InChI is InChI=1S/C10H14N2O.C2H6/c1-9-4-2-5-10(11-9)12-6-3-7-13-8-12;1-2/h2,4-5H,3,6-8H2,1H3;1-2H3. The Hall–Kier alpha value is -1.09. The molecule has 1 saturated heterocycles. The first-order chi connectivity index (χ1) is 7.36. The van der Waals surface area contributed by atoms with Crippen LogP contribution < -0.4 is 4.90 Å². The van der Waals surface area contributed by atoms with E-state index in [1.807, 2.05) is 39.0 Å². The Labute approximate surface area is 92.1 Å². The molecule has 0 saturated carbocycles. The van der Waals surface area contributed by atoms with Gasteiger partial charge < -0.3 is 9.64 Å². The van der Waals surface area contributed by atoms with Crippen LogP contribution in [-0.2, 0) is 4.74 Å². The molecule has 0 radical (unpaired) electrons. The lowest BCUT2D eigenvalue weighted by molar-refractivity contribution is 0.106. The fourth-order valence-corrected chi connectivity index (χ4v) is 1.48. The summed E-state index contributed by atoms with van der Waals surface area (Å²) < 4.78 is 5.36. The Balaban J connectivity index is 0.000000531. The summed E-state index contributed by atoms with van der Waals surface area (Å²) in [5, 5.41) is 0. The maximum Gasteiger partial charge on any atom is 0.130 e. The molecule has 0 amide bonds. The summed E-state index contributed by atoms with van der Waals surface area (Å²) in [6.45, 7) is 8.61. The van der Waals surface area contributed by atoms with Gasteiger partial charge in [-0.3, -0.25) is 0 Å². The zero-order valence-electron chi connectivity index (χ0n) is 9.86. The fourth-order valence-electron chi connectivity index (χ4n) is 1.48. The smallest absolute Gasteiger partial charge is 0.130 e. The first kappa shape index (κ1) is 12.0. The van der Waals surface area contributed by atoms with Crippen molar-refractivity contribution in [2.75, 3.05) is 24.8 Å². The average Bonchev–Trinajstić information content (AvgIpc) is 2.33. The molecule has 1 aromatic heterocycles. The highest BCUT2D eigenvalue weighted by molar-refractivity contribution is 5.38. The summed E-state index contributed by atoms with van der Waals surface area (Å²) in [5.41, 5.74) is 1.06. The van der Waals surface area contributed by atoms with E-state index in [1.165, 1.54) is 0 Å². The average molecular weight is 208 g/mol. The molecule has 0 unspecified atom stereocenters. The van der Waals surface area contributed by atoms with Crippen molar-refractivity contribution >= 4 is 5.82 Å². The third kappa shape index (κ3) is 3.51. The molecule has 1 aliphatic rings. The number of nitrogens with zero attached hydrogens (tertiary/aromatic N) is 2. The van der Waals surface area contributed by atoms with E-state index in [0.29, 0.717) is 6.73 Å². The first-order valence-electron chi connectivity index (χ1n) is 5.62. The highest BCUT2D eigenvalue weighted by atomic mass is 16.5. The molecule has 0 N–H and O–H groups in total. The van der Waals surface area contributed by atoms with Gasteiger partial charge in [-0.05, 0) is 25.5 Å². The molecule has 3 heteroatoms. The summed E-state index contributed by atoms with van der Waals surface area (Å²) in [6, 6.07) is 6.07. The zero-order chi connectivity index (χ0) is 11.1. The van der Waals surface area contributed by atoms with Crippen molar-refractivity contribution in [1.82, 2.24) is 4.98 Å². The van der Waals surface area contributed by atoms with Gasteiger partial charge in [0.1, 0.15) is 12.5 Å². The lowest BCUT2D eigenvalue weighted by atomic mass is 10.3. The van der Waals surface area contributed by atoms with Gasteiger partial charge in [0.05, 0.1) is 6.61 Å². The summed E-state index contributed by atoms with van der Waals surface area (Å²) >= 11 is 0. The first-order valence-corrected chi connectivity index (χ1v) is 5.62. The quantitative estimate of drug-likeness (QED) is 0.709. The Morgan fingerprint density at radius 2 is 2.13 bits per heavy atom. The molecule has 1 fully saturated rings. The van der Waals surface area contributed by atoms with E-state index in [-0.39, 0.29) is 0 Å². The van der Waals surface area contributed by atoms with Crippen molar-refractivity contribution in [3.05, 3.63) is 23.9 Å². The zero-order valence-corrected chi connectivity index (χ0v) is 9.86. The third-order valence-corrected chi connectivity index (χ3v) is 2.16. The molecule has 1 aromatic rings. The second kappa shape index (κ2) is 6.40. The van der Waals surface area contributed by atoms with E-state index in [4.69, 9.17) is 4.74 Å². The number of aryl methyl sites for hydroxylation is 1. The maximum absolute atomic E-state index is 5.36.